The van der Waals surface area contributed by atoms with Crippen LogP contribution in [-0.4, -0.2) is 24.0 Å². The molecular weight excluding hydrogens is 190 g/mol. The summed E-state index contributed by atoms with van der Waals surface area (Å²) in [5.74, 6) is 0.0705. The van der Waals surface area contributed by atoms with E-state index >= 15 is 0 Å². The van der Waals surface area contributed by atoms with Crippen LogP contribution in [0.5, 0.6) is 0 Å². The van der Waals surface area contributed by atoms with E-state index in [1.54, 1.807) is 0 Å². The summed E-state index contributed by atoms with van der Waals surface area (Å²) in [6.07, 6.45) is 7.67. The molecule has 2 atom stereocenters. The molecule has 1 saturated heterocycles. The van der Waals surface area contributed by atoms with E-state index < -0.39 is 5.60 Å². The van der Waals surface area contributed by atoms with Crippen molar-refractivity contribution < 1.29 is 9.53 Å². The van der Waals surface area contributed by atoms with Crippen molar-refractivity contribution in [1.82, 2.24) is 0 Å². The largest absolute Gasteiger partial charge is 0.362 e. The molecule has 1 aliphatic heterocycles. The van der Waals surface area contributed by atoms with Crippen LogP contribution in [0.1, 0.15) is 39.0 Å². The van der Waals surface area contributed by atoms with Gasteiger partial charge in [-0.05, 0) is 39.0 Å². The zero-order chi connectivity index (χ0) is 10.9. The molecule has 0 spiro atoms. The molecular formula is C12H19NO2. The van der Waals surface area contributed by atoms with Gasteiger partial charge in [0.1, 0.15) is 5.60 Å². The zero-order valence-electron chi connectivity index (χ0n) is 9.29. The van der Waals surface area contributed by atoms with Crippen molar-refractivity contribution >= 4 is 5.78 Å². The van der Waals surface area contributed by atoms with Crippen LogP contribution < -0.4 is 5.73 Å². The van der Waals surface area contributed by atoms with E-state index in [1.807, 2.05) is 6.92 Å². The van der Waals surface area contributed by atoms with Crippen molar-refractivity contribution in [2.75, 3.05) is 6.61 Å². The van der Waals surface area contributed by atoms with Gasteiger partial charge in [-0.25, -0.2) is 0 Å². The molecule has 2 rings (SSSR count). The van der Waals surface area contributed by atoms with Gasteiger partial charge in [0.05, 0.1) is 12.6 Å². The lowest BCUT2D eigenvalue weighted by Gasteiger charge is -2.13. The maximum Gasteiger partial charge on any atom is 0.183 e. The van der Waals surface area contributed by atoms with E-state index in [4.69, 9.17) is 10.5 Å². The summed E-state index contributed by atoms with van der Waals surface area (Å²) in [7, 11) is 0. The summed E-state index contributed by atoms with van der Waals surface area (Å²) in [6, 6.07) is -0.348. The number of nitrogens with two attached hydrogens (primary N) is 1. The second-order valence-corrected chi connectivity index (χ2v) is 4.78. The first-order chi connectivity index (χ1) is 7.12. The molecule has 0 radical (unpaired) electrons. The molecule has 0 unspecified atom stereocenters. The number of ether oxygens (including phenoxy) is 1. The number of epoxide rings is 1. The number of Topliss-reactive ketones (excluding diaryl/α,β-unsaturated/α-hetero) is 1. The average molecular weight is 209 g/mol. The summed E-state index contributed by atoms with van der Waals surface area (Å²) >= 11 is 0. The molecule has 0 aromatic carbocycles. The Bertz CT molecular complexity index is 292. The fourth-order valence-corrected chi connectivity index (χ4v) is 2.08. The van der Waals surface area contributed by atoms with E-state index in [0.29, 0.717) is 6.61 Å². The van der Waals surface area contributed by atoms with Crippen LogP contribution in [0.15, 0.2) is 11.6 Å². The number of hydrogen-bond donors (Lipinski definition) is 1. The third kappa shape index (κ3) is 2.47. The van der Waals surface area contributed by atoms with Crippen molar-refractivity contribution in [1.29, 1.82) is 0 Å². The summed E-state index contributed by atoms with van der Waals surface area (Å²) in [5.41, 5.74) is 6.78. The highest BCUT2D eigenvalue weighted by atomic mass is 16.6. The summed E-state index contributed by atoms with van der Waals surface area (Å²) in [6.45, 7) is 2.37. The van der Waals surface area contributed by atoms with Crippen molar-refractivity contribution in [3.63, 3.8) is 0 Å². The zero-order valence-corrected chi connectivity index (χ0v) is 9.29. The Balaban J connectivity index is 1.76. The van der Waals surface area contributed by atoms with Gasteiger partial charge in [-0.1, -0.05) is 11.6 Å². The van der Waals surface area contributed by atoms with Gasteiger partial charge >= 0.3 is 0 Å². The van der Waals surface area contributed by atoms with Crippen molar-refractivity contribution in [3.05, 3.63) is 11.6 Å². The minimum absolute atomic E-state index is 0.0705. The molecule has 0 amide bonds. The van der Waals surface area contributed by atoms with Crippen LogP contribution in [0.2, 0.25) is 0 Å². The quantitative estimate of drug-likeness (QED) is 0.552. The third-order valence-electron chi connectivity index (χ3n) is 3.35. The molecule has 2 N–H and O–H groups in total. The second kappa shape index (κ2) is 4.06. The van der Waals surface area contributed by atoms with Gasteiger partial charge in [-0.3, -0.25) is 4.79 Å². The molecule has 2 aliphatic rings. The Kier molecular flexibility index (Phi) is 2.94. The molecule has 1 aliphatic carbocycles. The molecule has 15 heavy (non-hydrogen) atoms. The van der Waals surface area contributed by atoms with Crippen LogP contribution in [0.4, 0.5) is 0 Å². The standard InChI is InChI=1S/C12H19NO2/c1-12(8-15-12)11(14)10(13)7-6-9-4-2-3-5-9/h4,10H,2-3,5-8,13H2,1H3/t10-,12+/m0/s1. The van der Waals surface area contributed by atoms with Crippen LogP contribution in [-0.2, 0) is 9.53 Å². The van der Waals surface area contributed by atoms with Crippen LogP contribution in [0, 0.1) is 0 Å². The molecule has 1 fully saturated rings. The monoisotopic (exact) mass is 209 g/mol. The highest BCUT2D eigenvalue weighted by molar-refractivity contribution is 5.93. The van der Waals surface area contributed by atoms with Gasteiger partial charge < -0.3 is 10.5 Å². The first-order valence-electron chi connectivity index (χ1n) is 5.73. The highest BCUT2D eigenvalue weighted by Gasteiger charge is 2.48. The summed E-state index contributed by atoms with van der Waals surface area (Å²) in [5, 5.41) is 0. The van der Waals surface area contributed by atoms with Crippen LogP contribution in [0.3, 0.4) is 0 Å². The van der Waals surface area contributed by atoms with E-state index in [-0.39, 0.29) is 11.8 Å². The van der Waals surface area contributed by atoms with Gasteiger partial charge in [0.2, 0.25) is 0 Å². The molecule has 0 saturated carbocycles. The van der Waals surface area contributed by atoms with Crippen LogP contribution in [0.25, 0.3) is 0 Å². The van der Waals surface area contributed by atoms with Gasteiger partial charge in [0.15, 0.2) is 5.78 Å². The average Bonchev–Trinajstić information content (AvgIpc) is 2.80. The summed E-state index contributed by atoms with van der Waals surface area (Å²) in [4.78, 5) is 11.8. The second-order valence-electron chi connectivity index (χ2n) is 4.78. The van der Waals surface area contributed by atoms with E-state index in [9.17, 15) is 4.79 Å². The lowest BCUT2D eigenvalue weighted by molar-refractivity contribution is -0.124. The smallest absolute Gasteiger partial charge is 0.183 e. The first-order valence-corrected chi connectivity index (χ1v) is 5.73. The molecule has 0 aromatic heterocycles. The lowest BCUT2D eigenvalue weighted by atomic mass is 9.96. The highest BCUT2D eigenvalue weighted by Crippen LogP contribution is 2.29. The molecule has 0 aromatic rings. The van der Waals surface area contributed by atoms with Gasteiger partial charge in [-0.15, -0.1) is 0 Å². The summed E-state index contributed by atoms with van der Waals surface area (Å²) < 4.78 is 5.11. The Labute approximate surface area is 90.7 Å². The van der Waals surface area contributed by atoms with E-state index in [0.717, 1.165) is 12.8 Å². The number of carbonyl (C=O) groups excluding carboxylic acids is 1. The van der Waals surface area contributed by atoms with Crippen molar-refractivity contribution in [2.45, 2.75) is 50.7 Å². The lowest BCUT2D eigenvalue weighted by Crippen LogP contribution is -2.39. The fraction of sp³-hybridized carbons (Fsp3) is 0.750. The number of ketones is 1. The maximum absolute atomic E-state index is 11.8. The maximum atomic E-state index is 11.8. The Hall–Kier alpha value is -0.670. The molecule has 3 nitrogen and oxygen atoms in total. The van der Waals surface area contributed by atoms with Crippen LogP contribution >= 0.6 is 0 Å². The fourth-order valence-electron chi connectivity index (χ4n) is 2.08. The number of rotatable bonds is 5. The van der Waals surface area contributed by atoms with Crippen molar-refractivity contribution in [2.24, 2.45) is 5.73 Å². The molecule has 84 valence electrons. The number of hydrogen-bond acceptors (Lipinski definition) is 3. The van der Waals surface area contributed by atoms with E-state index in [1.165, 1.54) is 24.8 Å². The molecule has 3 heteroatoms. The SMILES string of the molecule is C[C@]1(C(=O)[C@@H](N)CCC2=CCCC2)CO1. The predicted molar refractivity (Wildman–Crippen MR) is 58.5 cm³/mol. The van der Waals surface area contributed by atoms with Gasteiger partial charge in [-0.2, -0.15) is 0 Å². The van der Waals surface area contributed by atoms with Gasteiger partial charge in [0, 0.05) is 0 Å². The van der Waals surface area contributed by atoms with E-state index in [2.05, 4.69) is 6.08 Å². The first kappa shape index (κ1) is 10.8. The minimum Gasteiger partial charge on any atom is -0.362 e. The number of carbonyl (C=O) groups is 1. The minimum atomic E-state index is -0.552. The molecule has 0 bridgehead atoms. The topological polar surface area (TPSA) is 55.6 Å². The predicted octanol–water partition coefficient (Wildman–Crippen LogP) is 1.56. The Morgan fingerprint density at radius 3 is 3.00 bits per heavy atom. The van der Waals surface area contributed by atoms with Crippen molar-refractivity contribution in [3.8, 4) is 0 Å². The number of allylic oxidation sites excluding steroid dienone is 2. The Morgan fingerprint density at radius 2 is 2.47 bits per heavy atom. The van der Waals surface area contributed by atoms with Gasteiger partial charge in [0.25, 0.3) is 0 Å². The third-order valence-corrected chi connectivity index (χ3v) is 3.35. The molecule has 1 heterocycles. The normalized spacial score (nSPS) is 31.2. The Morgan fingerprint density at radius 1 is 1.73 bits per heavy atom.